The quantitative estimate of drug-likeness (QED) is 0.159. The third kappa shape index (κ3) is 5.56. The monoisotopic (exact) mass is 935 g/mol. The van der Waals surface area contributed by atoms with Crippen LogP contribution in [0.25, 0.3) is 33.4 Å². The van der Waals surface area contributed by atoms with Crippen molar-refractivity contribution in [1.82, 2.24) is 0 Å². The number of fused-ring (bicyclic) bond motifs is 15. The molecule has 0 aromatic heterocycles. The minimum Gasteiger partial charge on any atom is -0.311 e. The summed E-state index contributed by atoms with van der Waals surface area (Å²) in [6.45, 7) is 14.3. The molecule has 0 unspecified atom stereocenters. The van der Waals surface area contributed by atoms with E-state index >= 15 is 0 Å². The fourth-order valence-corrected chi connectivity index (χ4v) is 14.3. The third-order valence-corrected chi connectivity index (χ3v) is 17.6. The van der Waals surface area contributed by atoms with Gasteiger partial charge in [0.15, 0.2) is 0 Å². The van der Waals surface area contributed by atoms with Crippen molar-refractivity contribution in [2.45, 2.75) is 57.8 Å². The number of para-hydroxylation sites is 3. The topological polar surface area (TPSA) is 9.72 Å². The van der Waals surface area contributed by atoms with E-state index in [0.29, 0.717) is 0 Å². The van der Waals surface area contributed by atoms with Gasteiger partial charge in [-0.1, -0.05) is 205 Å². The van der Waals surface area contributed by atoms with E-state index in [1.807, 2.05) is 0 Å². The standard InChI is InChI=1S/C69H54BN3/c1-67(2)50-32-19-16-29-47(50)61-53(67)35-22-36-58(61)71(43-23-10-7-11-24-43)46-41-59-64-60(42-46)73(45-27-14-9-15-28-45)66-57(40-38-55-63(66)49-31-18-21-34-52(49)69(55,5)6)70(64)56-39-37-54-62(48-30-17-20-33-51(48)68(54,3)4)65(56)72(59)44-25-12-8-13-26-44/h7-42H,1-6H3. The molecule has 73 heavy (non-hydrogen) atoms. The zero-order chi connectivity index (χ0) is 49.1. The molecule has 0 radical (unpaired) electrons. The van der Waals surface area contributed by atoms with Gasteiger partial charge in [-0.2, -0.15) is 0 Å². The van der Waals surface area contributed by atoms with E-state index in [0.717, 1.165) is 22.7 Å². The van der Waals surface area contributed by atoms with Crippen LogP contribution in [0.3, 0.4) is 0 Å². The van der Waals surface area contributed by atoms with E-state index in [4.69, 9.17) is 0 Å². The van der Waals surface area contributed by atoms with Crippen LogP contribution in [0.5, 0.6) is 0 Å². The highest BCUT2D eigenvalue weighted by Crippen LogP contribution is 2.60. The number of benzene rings is 10. The molecule has 348 valence electrons. The summed E-state index contributed by atoms with van der Waals surface area (Å²) in [5, 5.41) is 0. The maximum Gasteiger partial charge on any atom is 0.252 e. The molecule has 0 bridgehead atoms. The number of anilines is 9. The molecular weight excluding hydrogens is 882 g/mol. The van der Waals surface area contributed by atoms with Gasteiger partial charge in [-0.15, -0.1) is 0 Å². The first-order valence-electron chi connectivity index (χ1n) is 26.1. The predicted octanol–water partition coefficient (Wildman–Crippen LogP) is 16.2. The summed E-state index contributed by atoms with van der Waals surface area (Å²) in [7, 11) is 0. The Morgan fingerprint density at radius 1 is 0.342 bits per heavy atom. The molecule has 10 aromatic carbocycles. The summed E-state index contributed by atoms with van der Waals surface area (Å²) in [5.74, 6) is 0. The van der Waals surface area contributed by atoms with Crippen LogP contribution in [-0.2, 0) is 16.2 Å². The van der Waals surface area contributed by atoms with Gasteiger partial charge in [0, 0.05) is 72.7 Å². The van der Waals surface area contributed by atoms with Gasteiger partial charge in [-0.05, 0) is 121 Å². The Morgan fingerprint density at radius 2 is 0.726 bits per heavy atom. The highest BCUT2D eigenvalue weighted by atomic mass is 15.2. The van der Waals surface area contributed by atoms with Gasteiger partial charge in [0.25, 0.3) is 6.71 Å². The predicted molar refractivity (Wildman–Crippen MR) is 308 cm³/mol. The Labute approximate surface area is 429 Å². The smallest absolute Gasteiger partial charge is 0.252 e. The lowest BCUT2D eigenvalue weighted by Gasteiger charge is -2.46. The molecule has 4 heteroatoms. The molecule has 0 amide bonds. The first kappa shape index (κ1) is 42.4. The molecule has 15 rings (SSSR count). The van der Waals surface area contributed by atoms with Crippen LogP contribution in [0, 0.1) is 0 Å². The molecule has 10 aromatic rings. The lowest BCUT2D eigenvalue weighted by molar-refractivity contribution is 0.660. The van der Waals surface area contributed by atoms with Crippen molar-refractivity contribution in [1.29, 1.82) is 0 Å². The van der Waals surface area contributed by atoms with Crippen molar-refractivity contribution in [3.8, 4) is 33.4 Å². The van der Waals surface area contributed by atoms with Crippen LogP contribution in [0.2, 0.25) is 0 Å². The second-order valence-corrected chi connectivity index (χ2v) is 22.4. The largest absolute Gasteiger partial charge is 0.311 e. The minimum absolute atomic E-state index is 0.0786. The lowest BCUT2D eigenvalue weighted by atomic mass is 9.33. The molecule has 0 saturated heterocycles. The van der Waals surface area contributed by atoms with Crippen LogP contribution in [0.15, 0.2) is 218 Å². The molecule has 3 aliphatic carbocycles. The van der Waals surface area contributed by atoms with Crippen molar-refractivity contribution in [2.24, 2.45) is 0 Å². The maximum absolute atomic E-state index is 2.64. The average Bonchev–Trinajstić information content (AvgIpc) is 3.93. The molecule has 0 atom stereocenters. The number of hydrogen-bond donors (Lipinski definition) is 0. The Hall–Kier alpha value is -8.34. The van der Waals surface area contributed by atoms with Crippen LogP contribution in [0.1, 0.15) is 74.9 Å². The Kier molecular flexibility index (Phi) is 8.63. The summed E-state index contributed by atoms with van der Waals surface area (Å²) in [5.41, 5.74) is 30.1. The second kappa shape index (κ2) is 14.9. The van der Waals surface area contributed by atoms with E-state index in [9.17, 15) is 0 Å². The average molecular weight is 936 g/mol. The van der Waals surface area contributed by atoms with Crippen molar-refractivity contribution < 1.29 is 0 Å². The normalized spacial score (nSPS) is 15.8. The number of nitrogens with zero attached hydrogens (tertiary/aromatic N) is 3. The maximum atomic E-state index is 2.64. The molecule has 0 spiro atoms. The highest BCUT2D eigenvalue weighted by Gasteiger charge is 2.50. The SMILES string of the molecule is CC1(C)c2ccccc2-c2c(N(c3ccccc3)c3cc4c5c(c3)N(c3ccccc3)c3c(ccc6c3-c3ccccc3C6(C)C)B5c3ccc5c(c3N4c3ccccc3)-c3ccccc3C5(C)C)cccc21. The van der Waals surface area contributed by atoms with Gasteiger partial charge in [0.1, 0.15) is 0 Å². The summed E-state index contributed by atoms with van der Waals surface area (Å²) in [6, 6.07) is 82.8. The Bertz CT molecular complexity index is 3790. The highest BCUT2D eigenvalue weighted by molar-refractivity contribution is 7.00. The lowest BCUT2D eigenvalue weighted by Crippen LogP contribution is -2.61. The van der Waals surface area contributed by atoms with Gasteiger partial charge in [-0.3, -0.25) is 0 Å². The summed E-state index contributed by atoms with van der Waals surface area (Å²) in [4.78, 5) is 7.84. The van der Waals surface area contributed by atoms with E-state index in [1.54, 1.807) is 0 Å². The van der Waals surface area contributed by atoms with E-state index in [1.165, 1.54) is 112 Å². The Morgan fingerprint density at radius 3 is 1.19 bits per heavy atom. The molecule has 0 fully saturated rings. The molecule has 0 N–H and O–H groups in total. The fourth-order valence-electron chi connectivity index (χ4n) is 14.3. The van der Waals surface area contributed by atoms with Gasteiger partial charge >= 0.3 is 0 Å². The third-order valence-electron chi connectivity index (χ3n) is 17.6. The second-order valence-electron chi connectivity index (χ2n) is 22.4. The number of rotatable bonds is 5. The van der Waals surface area contributed by atoms with Crippen LogP contribution in [-0.4, -0.2) is 6.71 Å². The molecule has 2 heterocycles. The van der Waals surface area contributed by atoms with Crippen molar-refractivity contribution >= 4 is 74.3 Å². The van der Waals surface area contributed by atoms with Gasteiger partial charge < -0.3 is 14.7 Å². The van der Waals surface area contributed by atoms with Crippen LogP contribution >= 0.6 is 0 Å². The van der Waals surface area contributed by atoms with Crippen molar-refractivity contribution in [3.63, 3.8) is 0 Å². The van der Waals surface area contributed by atoms with Crippen molar-refractivity contribution in [2.75, 3.05) is 14.7 Å². The fraction of sp³-hybridized carbons (Fsp3) is 0.130. The van der Waals surface area contributed by atoms with E-state index in [-0.39, 0.29) is 23.0 Å². The van der Waals surface area contributed by atoms with Crippen LogP contribution in [0.4, 0.5) is 51.2 Å². The molecule has 5 aliphatic rings. The number of hydrogen-bond acceptors (Lipinski definition) is 3. The first-order chi connectivity index (χ1) is 35.5. The first-order valence-corrected chi connectivity index (χ1v) is 26.1. The van der Waals surface area contributed by atoms with E-state index in [2.05, 4.69) is 275 Å². The molecule has 2 aliphatic heterocycles. The Balaban J connectivity index is 1.12. The van der Waals surface area contributed by atoms with Gasteiger partial charge in [-0.25, -0.2) is 0 Å². The van der Waals surface area contributed by atoms with Gasteiger partial charge in [0.2, 0.25) is 0 Å². The van der Waals surface area contributed by atoms with Crippen molar-refractivity contribution in [3.05, 3.63) is 252 Å². The zero-order valence-corrected chi connectivity index (χ0v) is 42.2. The summed E-state index contributed by atoms with van der Waals surface area (Å²) in [6.07, 6.45) is 0. The molecule has 0 saturated carbocycles. The van der Waals surface area contributed by atoms with E-state index < -0.39 is 0 Å². The van der Waals surface area contributed by atoms with Crippen LogP contribution < -0.4 is 31.1 Å². The minimum atomic E-state index is -0.191. The summed E-state index contributed by atoms with van der Waals surface area (Å²) < 4.78 is 0. The zero-order valence-electron chi connectivity index (χ0n) is 42.2. The van der Waals surface area contributed by atoms with Gasteiger partial charge in [0.05, 0.1) is 11.4 Å². The molecule has 3 nitrogen and oxygen atoms in total. The molecular formula is C69H54BN3. The summed E-state index contributed by atoms with van der Waals surface area (Å²) >= 11 is 0.